The van der Waals surface area contributed by atoms with Gasteiger partial charge in [0.2, 0.25) is 12.0 Å². The van der Waals surface area contributed by atoms with Gasteiger partial charge in [-0.2, -0.15) is 30.7 Å². The Morgan fingerprint density at radius 1 is 1.02 bits per heavy atom. The van der Waals surface area contributed by atoms with Gasteiger partial charge in [0.15, 0.2) is 0 Å². The number of nitrogens with zero attached hydrogens (tertiary/aromatic N) is 1. The number of ether oxygens (including phenoxy) is 2. The topological polar surface area (TPSA) is 89.6 Å². The van der Waals surface area contributed by atoms with E-state index in [-0.39, 0.29) is 17.3 Å². The fourth-order valence-corrected chi connectivity index (χ4v) is 3.64. The maximum atomic E-state index is 14.0. The van der Waals surface area contributed by atoms with Crippen molar-refractivity contribution in [2.45, 2.75) is 31.2 Å². The van der Waals surface area contributed by atoms with Gasteiger partial charge in [0.1, 0.15) is 22.9 Å². The minimum absolute atomic E-state index is 0.125. The van der Waals surface area contributed by atoms with E-state index >= 15 is 0 Å². The summed E-state index contributed by atoms with van der Waals surface area (Å²) in [5.74, 6) is -10.5. The summed E-state index contributed by atoms with van der Waals surface area (Å²) in [6.07, 6.45) is -12.3. The second-order valence-electron chi connectivity index (χ2n) is 8.34. The van der Waals surface area contributed by atoms with E-state index in [1.165, 1.54) is 6.92 Å². The van der Waals surface area contributed by atoms with Gasteiger partial charge in [0.05, 0.1) is 17.4 Å². The van der Waals surface area contributed by atoms with Crippen molar-refractivity contribution in [2.24, 2.45) is 0 Å². The van der Waals surface area contributed by atoms with Gasteiger partial charge < -0.3 is 14.8 Å². The van der Waals surface area contributed by atoms with E-state index in [1.54, 1.807) is 5.32 Å². The van der Waals surface area contributed by atoms with Crippen LogP contribution in [0.4, 0.5) is 50.0 Å². The number of carbonyl (C=O) groups excluding carboxylic acids is 2. The number of halogens is 9. The molecule has 1 aliphatic rings. The molecular weight excluding hydrogens is 565 g/mol. The van der Waals surface area contributed by atoms with Crippen LogP contribution in [0.15, 0.2) is 48.7 Å². The normalized spacial score (nSPS) is 15.9. The average molecular weight is 579 g/mol. The molecule has 0 radical (unpaired) electrons. The van der Waals surface area contributed by atoms with Gasteiger partial charge in [-0.1, -0.05) is 12.1 Å². The summed E-state index contributed by atoms with van der Waals surface area (Å²) in [7, 11) is 0. The van der Waals surface area contributed by atoms with Crippen molar-refractivity contribution < 1.29 is 58.6 Å². The summed E-state index contributed by atoms with van der Waals surface area (Å²) in [6, 6.07) is 3.69. The number of imide groups is 1. The third-order valence-electron chi connectivity index (χ3n) is 5.48. The summed E-state index contributed by atoms with van der Waals surface area (Å²) in [6.45, 7) is 1.20. The summed E-state index contributed by atoms with van der Waals surface area (Å²) < 4.78 is 133. The number of hydrogen-bond donors (Lipinski definition) is 2. The minimum Gasteiger partial charge on any atom is -0.460 e. The smallest absolute Gasteiger partial charge is 0.460 e. The number of aromatic nitrogens is 1. The molecule has 3 aromatic rings. The first-order valence-electron chi connectivity index (χ1n) is 10.9. The highest BCUT2D eigenvalue weighted by atomic mass is 19.4. The molecule has 16 heteroatoms. The Morgan fingerprint density at radius 3 is 2.27 bits per heavy atom. The predicted molar refractivity (Wildman–Crippen MR) is 117 cm³/mol. The zero-order chi connectivity index (χ0) is 29.6. The molecule has 3 amide bonds. The van der Waals surface area contributed by atoms with E-state index in [4.69, 9.17) is 4.74 Å². The summed E-state index contributed by atoms with van der Waals surface area (Å²) >= 11 is 0. The number of alkyl halides is 7. The molecular formula is C24H14F9N3O4. The molecule has 7 nitrogen and oxygen atoms in total. The zero-order valence-corrected chi connectivity index (χ0v) is 19.7. The van der Waals surface area contributed by atoms with Crippen LogP contribution in [0.3, 0.4) is 0 Å². The van der Waals surface area contributed by atoms with Crippen LogP contribution in [-0.4, -0.2) is 29.2 Å². The molecule has 1 atom stereocenters. The van der Waals surface area contributed by atoms with Gasteiger partial charge in [0, 0.05) is 11.1 Å². The Labute approximate surface area is 217 Å². The van der Waals surface area contributed by atoms with Gasteiger partial charge >= 0.3 is 24.2 Å². The van der Waals surface area contributed by atoms with Crippen molar-refractivity contribution in [3.05, 3.63) is 82.5 Å². The number of pyridine rings is 1. The van der Waals surface area contributed by atoms with Crippen molar-refractivity contribution in [2.75, 3.05) is 5.32 Å². The SMILES string of the molecule is Cc1cc(NC(=O)NC(=O)c2c(F)cccc2F)cnc1OC(c1ccc2c(c1)C(F)(F)C(F)(F)O2)C(F)(F)F. The molecule has 0 spiro atoms. The highest BCUT2D eigenvalue weighted by Gasteiger charge is 2.66. The van der Waals surface area contributed by atoms with E-state index in [2.05, 4.69) is 15.0 Å². The maximum Gasteiger partial charge on any atom is 0.469 e. The molecule has 1 aliphatic heterocycles. The number of anilines is 1. The third kappa shape index (κ3) is 5.33. The summed E-state index contributed by atoms with van der Waals surface area (Å²) in [5, 5.41) is 3.75. The minimum atomic E-state index is -5.22. The lowest BCUT2D eigenvalue weighted by atomic mass is 10.0. The number of benzene rings is 2. The van der Waals surface area contributed by atoms with Crippen molar-refractivity contribution >= 4 is 17.6 Å². The number of rotatable bonds is 5. The van der Waals surface area contributed by atoms with Gasteiger partial charge in [-0.05, 0) is 37.3 Å². The Hall–Kier alpha value is -4.50. The zero-order valence-electron chi connectivity index (χ0n) is 19.7. The summed E-state index contributed by atoms with van der Waals surface area (Å²) in [4.78, 5) is 27.7. The first-order valence-corrected chi connectivity index (χ1v) is 10.9. The Balaban J connectivity index is 1.52. The molecule has 0 fully saturated rings. The van der Waals surface area contributed by atoms with Crippen LogP contribution in [0.25, 0.3) is 0 Å². The van der Waals surface area contributed by atoms with Gasteiger partial charge in [-0.15, -0.1) is 0 Å². The second-order valence-corrected chi connectivity index (χ2v) is 8.34. The Bertz CT molecular complexity index is 1470. The van der Waals surface area contributed by atoms with E-state index in [1.807, 2.05) is 0 Å². The molecule has 40 heavy (non-hydrogen) atoms. The quantitative estimate of drug-likeness (QED) is 0.342. The second kappa shape index (κ2) is 9.91. The van der Waals surface area contributed by atoms with Crippen LogP contribution in [0, 0.1) is 18.6 Å². The lowest BCUT2D eigenvalue weighted by Crippen LogP contribution is -2.37. The standard InChI is InChI=1S/C24H14F9N3O4/c1-10-7-12(35-21(38)36-19(37)17-14(25)3-2-4-15(17)26)9-34-20(10)39-18(23(29,30)31)11-5-6-16-13(8-11)22(27,28)24(32,33)40-16/h2-9,18H,1H3,(H2,35,36,37,38). The van der Waals surface area contributed by atoms with Crippen molar-refractivity contribution in [1.29, 1.82) is 0 Å². The van der Waals surface area contributed by atoms with Gasteiger partial charge in [-0.3, -0.25) is 10.1 Å². The van der Waals surface area contributed by atoms with Crippen LogP contribution in [0.5, 0.6) is 11.6 Å². The lowest BCUT2D eigenvalue weighted by molar-refractivity contribution is -0.296. The highest BCUT2D eigenvalue weighted by molar-refractivity contribution is 6.08. The van der Waals surface area contributed by atoms with Crippen LogP contribution >= 0.6 is 0 Å². The number of aryl methyl sites for hydroxylation is 1. The van der Waals surface area contributed by atoms with Crippen LogP contribution in [0.1, 0.15) is 33.2 Å². The molecule has 4 rings (SSSR count). The molecule has 0 bridgehead atoms. The molecule has 1 aromatic heterocycles. The average Bonchev–Trinajstić information content (AvgIpc) is 3.00. The fraction of sp³-hybridized carbons (Fsp3) is 0.208. The number of urea groups is 1. The van der Waals surface area contributed by atoms with Crippen molar-refractivity contribution in [3.8, 4) is 11.6 Å². The number of hydrogen-bond acceptors (Lipinski definition) is 5. The monoisotopic (exact) mass is 579 g/mol. The van der Waals surface area contributed by atoms with Crippen LogP contribution in [-0.2, 0) is 5.92 Å². The molecule has 2 aromatic carbocycles. The first-order chi connectivity index (χ1) is 18.5. The van der Waals surface area contributed by atoms with Crippen molar-refractivity contribution in [1.82, 2.24) is 10.3 Å². The van der Waals surface area contributed by atoms with Crippen LogP contribution < -0.4 is 20.1 Å². The lowest BCUT2D eigenvalue weighted by Gasteiger charge is -2.23. The largest absolute Gasteiger partial charge is 0.469 e. The third-order valence-corrected chi connectivity index (χ3v) is 5.48. The van der Waals surface area contributed by atoms with E-state index in [0.29, 0.717) is 12.1 Å². The van der Waals surface area contributed by atoms with Crippen molar-refractivity contribution in [3.63, 3.8) is 0 Å². The Kier molecular flexibility index (Phi) is 7.06. The number of nitrogens with one attached hydrogen (secondary N) is 2. The summed E-state index contributed by atoms with van der Waals surface area (Å²) in [5.41, 5.74) is -3.76. The van der Waals surface area contributed by atoms with E-state index in [0.717, 1.165) is 30.5 Å². The predicted octanol–water partition coefficient (Wildman–Crippen LogP) is 6.39. The molecule has 212 valence electrons. The first kappa shape index (κ1) is 28.5. The molecule has 0 saturated heterocycles. The highest BCUT2D eigenvalue weighted by Crippen LogP contribution is 2.54. The Morgan fingerprint density at radius 2 is 1.68 bits per heavy atom. The van der Waals surface area contributed by atoms with Crippen LogP contribution in [0.2, 0.25) is 0 Å². The molecule has 1 unspecified atom stereocenters. The molecule has 0 saturated carbocycles. The van der Waals surface area contributed by atoms with Gasteiger partial charge in [0.25, 0.3) is 5.91 Å². The molecule has 2 heterocycles. The molecule has 2 N–H and O–H groups in total. The fourth-order valence-electron chi connectivity index (χ4n) is 3.64. The van der Waals surface area contributed by atoms with E-state index < -0.39 is 76.2 Å². The molecule has 0 aliphatic carbocycles. The van der Waals surface area contributed by atoms with E-state index in [9.17, 15) is 49.1 Å². The number of fused-ring (bicyclic) bond motifs is 1. The maximum absolute atomic E-state index is 14.0. The van der Waals surface area contributed by atoms with Gasteiger partial charge in [-0.25, -0.2) is 18.6 Å². The number of carbonyl (C=O) groups is 2. The number of amides is 3.